The molecule has 0 spiro atoms. The molecule has 0 saturated heterocycles. The first-order chi connectivity index (χ1) is 11.1. The fourth-order valence-electron chi connectivity index (χ4n) is 2.57. The zero-order chi connectivity index (χ0) is 16.4. The van der Waals surface area contributed by atoms with Crippen LogP contribution in [-0.4, -0.2) is 50.0 Å². The van der Waals surface area contributed by atoms with Gasteiger partial charge in [-0.3, -0.25) is 4.68 Å². The van der Waals surface area contributed by atoms with Gasteiger partial charge in [0.15, 0.2) is 0 Å². The minimum atomic E-state index is -0.451. The molecule has 8 heteroatoms. The lowest BCUT2D eigenvalue weighted by Crippen LogP contribution is -2.24. The summed E-state index contributed by atoms with van der Waals surface area (Å²) < 4.78 is 14.3. The number of aliphatic hydroxyl groups excluding tert-OH is 1. The predicted octanol–water partition coefficient (Wildman–Crippen LogP) is 1.09. The zero-order valence-electron chi connectivity index (χ0n) is 13.2. The van der Waals surface area contributed by atoms with E-state index in [4.69, 9.17) is 14.6 Å². The zero-order valence-corrected chi connectivity index (χ0v) is 13.2. The molecule has 3 rings (SSSR count). The van der Waals surface area contributed by atoms with Crippen molar-refractivity contribution in [3.05, 3.63) is 18.0 Å². The van der Waals surface area contributed by atoms with E-state index in [1.54, 1.807) is 28.7 Å². The Labute approximate surface area is 133 Å². The molecule has 1 N–H and O–H groups in total. The van der Waals surface area contributed by atoms with Gasteiger partial charge < -0.3 is 14.6 Å². The summed E-state index contributed by atoms with van der Waals surface area (Å²) in [5.41, 5.74) is 1.53. The van der Waals surface area contributed by atoms with Gasteiger partial charge >= 0.3 is 5.97 Å². The molecule has 0 unspecified atom stereocenters. The lowest BCUT2D eigenvalue weighted by molar-refractivity contribution is 0.0515. The molecule has 0 saturated carbocycles. The summed E-state index contributed by atoms with van der Waals surface area (Å²) in [6.07, 6.45) is 4.23. The van der Waals surface area contributed by atoms with Gasteiger partial charge in [0.25, 0.3) is 0 Å². The third-order valence-corrected chi connectivity index (χ3v) is 3.68. The third kappa shape index (κ3) is 2.94. The summed E-state index contributed by atoms with van der Waals surface area (Å²) in [6.45, 7) is 5.07. The Morgan fingerprint density at radius 1 is 1.57 bits per heavy atom. The summed E-state index contributed by atoms with van der Waals surface area (Å²) in [5, 5.41) is 17.7. The van der Waals surface area contributed by atoms with Crippen LogP contribution in [0.4, 0.5) is 0 Å². The van der Waals surface area contributed by atoms with E-state index in [0.29, 0.717) is 35.8 Å². The highest BCUT2D eigenvalue weighted by Gasteiger charge is 2.31. The van der Waals surface area contributed by atoms with Crippen molar-refractivity contribution in [2.75, 3.05) is 13.2 Å². The molecule has 23 heavy (non-hydrogen) atoms. The van der Waals surface area contributed by atoms with E-state index in [0.717, 1.165) is 6.42 Å². The Hall–Kier alpha value is -2.35. The number of hydrogen-bond acceptors (Lipinski definition) is 6. The molecule has 124 valence electrons. The Morgan fingerprint density at radius 3 is 3.13 bits per heavy atom. The molecule has 0 aliphatic carbocycles. The highest BCUT2D eigenvalue weighted by Crippen LogP contribution is 2.34. The van der Waals surface area contributed by atoms with Crippen LogP contribution in [0, 0.1) is 0 Å². The molecule has 1 aliphatic heterocycles. The van der Waals surface area contributed by atoms with Crippen molar-refractivity contribution in [1.29, 1.82) is 0 Å². The number of rotatable bonds is 5. The van der Waals surface area contributed by atoms with E-state index < -0.39 is 5.97 Å². The quantitative estimate of drug-likeness (QED) is 0.829. The smallest absolute Gasteiger partial charge is 0.345 e. The van der Waals surface area contributed by atoms with Crippen LogP contribution in [0.5, 0.6) is 5.88 Å². The topological polar surface area (TPSA) is 91.4 Å². The number of carbonyl (C=O) groups excluding carboxylic acids is 1. The van der Waals surface area contributed by atoms with Gasteiger partial charge in [-0.2, -0.15) is 10.2 Å². The lowest BCUT2D eigenvalue weighted by atomic mass is 10.1. The van der Waals surface area contributed by atoms with Gasteiger partial charge in [0.1, 0.15) is 11.3 Å². The van der Waals surface area contributed by atoms with Gasteiger partial charge in [-0.05, 0) is 13.8 Å². The fraction of sp³-hybridized carbons (Fsp3) is 0.533. The Balaban J connectivity index is 2.06. The van der Waals surface area contributed by atoms with Gasteiger partial charge in [0.05, 0.1) is 32.1 Å². The predicted molar refractivity (Wildman–Crippen MR) is 81.2 cm³/mol. The van der Waals surface area contributed by atoms with E-state index in [1.807, 2.05) is 6.92 Å². The average molecular weight is 320 g/mol. The summed E-state index contributed by atoms with van der Waals surface area (Å²) in [4.78, 5) is 12.4. The van der Waals surface area contributed by atoms with Crippen LogP contribution in [0.15, 0.2) is 12.4 Å². The van der Waals surface area contributed by atoms with Crippen molar-refractivity contribution in [3.8, 4) is 17.1 Å². The van der Waals surface area contributed by atoms with Crippen molar-refractivity contribution >= 4 is 5.97 Å². The van der Waals surface area contributed by atoms with Gasteiger partial charge in [-0.15, -0.1) is 0 Å². The summed E-state index contributed by atoms with van der Waals surface area (Å²) >= 11 is 0. The highest BCUT2D eigenvalue weighted by molar-refractivity contribution is 5.98. The normalized spacial score (nSPS) is 16.7. The number of aryl methyl sites for hydroxylation is 1. The SMILES string of the molecule is CCOC(=O)c1c(-c2cnn(CCO)c2)nn2c1O[C@H](C)CC2. The molecule has 2 aromatic heterocycles. The van der Waals surface area contributed by atoms with Crippen LogP contribution < -0.4 is 4.74 Å². The molecular weight excluding hydrogens is 300 g/mol. The molecule has 1 atom stereocenters. The molecule has 0 bridgehead atoms. The number of aromatic nitrogens is 4. The van der Waals surface area contributed by atoms with Crippen molar-refractivity contribution in [2.45, 2.75) is 39.5 Å². The number of nitrogens with zero attached hydrogens (tertiary/aromatic N) is 4. The molecule has 2 aromatic rings. The van der Waals surface area contributed by atoms with E-state index in [-0.39, 0.29) is 19.3 Å². The van der Waals surface area contributed by atoms with Gasteiger partial charge in [-0.25, -0.2) is 9.48 Å². The lowest BCUT2D eigenvalue weighted by Gasteiger charge is -2.21. The van der Waals surface area contributed by atoms with Crippen molar-refractivity contribution in [1.82, 2.24) is 19.6 Å². The molecule has 8 nitrogen and oxygen atoms in total. The van der Waals surface area contributed by atoms with Crippen molar-refractivity contribution < 1.29 is 19.4 Å². The monoisotopic (exact) mass is 320 g/mol. The number of aliphatic hydroxyl groups is 1. The second-order valence-electron chi connectivity index (χ2n) is 5.41. The number of ether oxygens (including phenoxy) is 2. The van der Waals surface area contributed by atoms with E-state index in [9.17, 15) is 4.79 Å². The van der Waals surface area contributed by atoms with Crippen LogP contribution in [0.1, 0.15) is 30.6 Å². The molecule has 0 fully saturated rings. The van der Waals surface area contributed by atoms with E-state index in [2.05, 4.69) is 10.2 Å². The van der Waals surface area contributed by atoms with Gasteiger partial charge in [0, 0.05) is 24.7 Å². The average Bonchev–Trinajstić information content (AvgIpc) is 3.11. The molecule has 0 aromatic carbocycles. The molecule has 0 amide bonds. The van der Waals surface area contributed by atoms with E-state index >= 15 is 0 Å². The van der Waals surface area contributed by atoms with Crippen LogP contribution in [0.25, 0.3) is 11.3 Å². The first kappa shape index (κ1) is 15.5. The maximum atomic E-state index is 12.4. The maximum Gasteiger partial charge on any atom is 0.345 e. The molecule has 0 radical (unpaired) electrons. The minimum absolute atomic E-state index is 0.00777. The molecular formula is C15H20N4O4. The number of carbonyl (C=O) groups is 1. The Morgan fingerprint density at radius 2 is 2.39 bits per heavy atom. The minimum Gasteiger partial charge on any atom is -0.474 e. The Kier molecular flexibility index (Phi) is 4.33. The van der Waals surface area contributed by atoms with Gasteiger partial charge in [0.2, 0.25) is 5.88 Å². The summed E-state index contributed by atoms with van der Waals surface area (Å²) in [5.74, 6) is -0.000124. The third-order valence-electron chi connectivity index (χ3n) is 3.68. The van der Waals surface area contributed by atoms with Gasteiger partial charge in [-0.1, -0.05) is 0 Å². The van der Waals surface area contributed by atoms with Crippen LogP contribution in [0.3, 0.4) is 0 Å². The Bertz CT molecular complexity index is 706. The number of esters is 1. The number of hydrogen-bond donors (Lipinski definition) is 1. The van der Waals surface area contributed by atoms with Crippen LogP contribution >= 0.6 is 0 Å². The second kappa shape index (κ2) is 6.41. The molecule has 3 heterocycles. The molecule has 1 aliphatic rings. The first-order valence-corrected chi connectivity index (χ1v) is 7.72. The van der Waals surface area contributed by atoms with E-state index in [1.165, 1.54) is 0 Å². The fourth-order valence-corrected chi connectivity index (χ4v) is 2.57. The maximum absolute atomic E-state index is 12.4. The largest absolute Gasteiger partial charge is 0.474 e. The number of fused-ring (bicyclic) bond motifs is 1. The summed E-state index contributed by atoms with van der Waals surface area (Å²) in [7, 11) is 0. The standard InChI is InChI=1S/C15H20N4O4/c1-3-22-15(21)12-13(11-8-16-18(9-11)6-7-20)17-19-5-4-10(2)23-14(12)19/h8-10,20H,3-7H2,1-2H3/t10-/m1/s1. The van der Waals surface area contributed by atoms with Crippen molar-refractivity contribution in [2.24, 2.45) is 0 Å². The van der Waals surface area contributed by atoms with Crippen LogP contribution in [-0.2, 0) is 17.8 Å². The highest BCUT2D eigenvalue weighted by atomic mass is 16.5. The first-order valence-electron chi connectivity index (χ1n) is 7.72. The van der Waals surface area contributed by atoms with Crippen LogP contribution in [0.2, 0.25) is 0 Å². The second-order valence-corrected chi connectivity index (χ2v) is 5.41. The van der Waals surface area contributed by atoms with Crippen molar-refractivity contribution in [3.63, 3.8) is 0 Å². The summed E-state index contributed by atoms with van der Waals surface area (Å²) in [6, 6.07) is 0.